The van der Waals surface area contributed by atoms with Crippen LogP contribution < -0.4 is 5.32 Å². The van der Waals surface area contributed by atoms with E-state index in [4.69, 9.17) is 21.1 Å². The van der Waals surface area contributed by atoms with Crippen LogP contribution in [0.4, 0.5) is 5.69 Å². The summed E-state index contributed by atoms with van der Waals surface area (Å²) >= 11 is 5.87. The Hall–Kier alpha value is -2.08. The Labute approximate surface area is 132 Å². The summed E-state index contributed by atoms with van der Waals surface area (Å²) in [5.41, 5.74) is 3.05. The maximum absolute atomic E-state index is 9.35. The van der Waals surface area contributed by atoms with E-state index in [0.717, 1.165) is 11.3 Å². The quantitative estimate of drug-likeness (QED) is 0.674. The first kappa shape index (κ1) is 14.8. The summed E-state index contributed by atoms with van der Waals surface area (Å²) in [7, 11) is 0. The van der Waals surface area contributed by atoms with Crippen molar-refractivity contribution in [2.75, 3.05) is 18.5 Å². The van der Waals surface area contributed by atoms with Crippen molar-refractivity contribution < 1.29 is 14.6 Å². The molecule has 0 saturated carbocycles. The van der Waals surface area contributed by atoms with Crippen LogP contribution in [-0.2, 0) is 0 Å². The fraction of sp³-hybridized carbons (Fsp3) is 0.188. The standard InChI is InChI=1S/C16H15ClN2O3/c17-11-3-1-10(2-4-11)16-19-14-7-12(5-6-15(14)22-16)18-8-13(21)9-20/h1-7,13,18,20-21H,8-9H2. The van der Waals surface area contributed by atoms with E-state index in [1.54, 1.807) is 12.1 Å². The van der Waals surface area contributed by atoms with Crippen LogP contribution >= 0.6 is 11.6 Å². The maximum atomic E-state index is 9.35. The highest BCUT2D eigenvalue weighted by Gasteiger charge is 2.09. The summed E-state index contributed by atoms with van der Waals surface area (Å²) < 4.78 is 5.72. The Morgan fingerprint density at radius 1 is 1.18 bits per heavy atom. The van der Waals surface area contributed by atoms with E-state index in [1.165, 1.54) is 0 Å². The van der Waals surface area contributed by atoms with Gasteiger partial charge in [-0.2, -0.15) is 0 Å². The topological polar surface area (TPSA) is 78.5 Å². The second-order valence-electron chi connectivity index (χ2n) is 4.93. The maximum Gasteiger partial charge on any atom is 0.227 e. The molecule has 0 bridgehead atoms. The molecular formula is C16H15ClN2O3. The number of nitrogens with zero attached hydrogens (tertiary/aromatic N) is 1. The average Bonchev–Trinajstić information content (AvgIpc) is 2.96. The number of oxazole rings is 1. The second-order valence-corrected chi connectivity index (χ2v) is 5.36. The highest BCUT2D eigenvalue weighted by Crippen LogP contribution is 2.27. The van der Waals surface area contributed by atoms with Crippen molar-refractivity contribution in [3.8, 4) is 11.5 Å². The number of fused-ring (bicyclic) bond motifs is 1. The molecule has 0 radical (unpaired) electrons. The van der Waals surface area contributed by atoms with Gasteiger partial charge >= 0.3 is 0 Å². The summed E-state index contributed by atoms with van der Waals surface area (Å²) in [6.07, 6.45) is -0.794. The van der Waals surface area contributed by atoms with Crippen molar-refractivity contribution in [1.82, 2.24) is 4.98 Å². The van der Waals surface area contributed by atoms with E-state index >= 15 is 0 Å². The number of rotatable bonds is 5. The van der Waals surface area contributed by atoms with Gasteiger partial charge in [0.15, 0.2) is 5.58 Å². The van der Waals surface area contributed by atoms with Crippen LogP contribution in [0.15, 0.2) is 46.9 Å². The van der Waals surface area contributed by atoms with Crippen LogP contribution in [-0.4, -0.2) is 34.5 Å². The zero-order chi connectivity index (χ0) is 15.5. The molecule has 3 N–H and O–H groups in total. The van der Waals surface area contributed by atoms with Crippen molar-refractivity contribution in [2.24, 2.45) is 0 Å². The first-order chi connectivity index (χ1) is 10.7. The molecule has 0 spiro atoms. The molecule has 6 heteroatoms. The lowest BCUT2D eigenvalue weighted by molar-refractivity contribution is 0.105. The summed E-state index contributed by atoms with van der Waals surface area (Å²) in [4.78, 5) is 4.46. The first-order valence-electron chi connectivity index (χ1n) is 6.85. The molecule has 1 unspecified atom stereocenters. The minimum Gasteiger partial charge on any atom is -0.436 e. The monoisotopic (exact) mass is 318 g/mol. The Kier molecular flexibility index (Phi) is 4.29. The minimum absolute atomic E-state index is 0.268. The summed E-state index contributed by atoms with van der Waals surface area (Å²) in [6.45, 7) is -0.0101. The summed E-state index contributed by atoms with van der Waals surface area (Å²) in [5.74, 6) is 0.527. The van der Waals surface area contributed by atoms with Crippen LogP contribution in [0, 0.1) is 0 Å². The van der Waals surface area contributed by atoms with Crippen LogP contribution in [0.5, 0.6) is 0 Å². The Morgan fingerprint density at radius 3 is 2.68 bits per heavy atom. The molecule has 0 aliphatic carbocycles. The third-order valence-corrected chi connectivity index (χ3v) is 3.48. The van der Waals surface area contributed by atoms with Crippen molar-refractivity contribution in [1.29, 1.82) is 0 Å². The van der Waals surface area contributed by atoms with Gasteiger partial charge in [0.25, 0.3) is 0 Å². The molecule has 0 saturated heterocycles. The molecule has 0 aliphatic heterocycles. The molecule has 0 aliphatic rings. The molecule has 114 valence electrons. The Balaban J connectivity index is 1.85. The lowest BCUT2D eigenvalue weighted by Gasteiger charge is -2.09. The van der Waals surface area contributed by atoms with Crippen molar-refractivity contribution in [3.05, 3.63) is 47.5 Å². The number of anilines is 1. The van der Waals surface area contributed by atoms with E-state index in [9.17, 15) is 5.11 Å². The van der Waals surface area contributed by atoms with Gasteiger partial charge in [-0.1, -0.05) is 11.6 Å². The zero-order valence-corrected chi connectivity index (χ0v) is 12.4. The predicted octanol–water partition coefficient (Wildman–Crippen LogP) is 2.91. The lowest BCUT2D eigenvalue weighted by Crippen LogP contribution is -2.22. The third kappa shape index (κ3) is 3.22. The number of aromatic nitrogens is 1. The van der Waals surface area contributed by atoms with E-state index in [2.05, 4.69) is 10.3 Å². The molecular weight excluding hydrogens is 304 g/mol. The van der Waals surface area contributed by atoms with E-state index in [-0.39, 0.29) is 13.2 Å². The number of hydrogen-bond acceptors (Lipinski definition) is 5. The highest BCUT2D eigenvalue weighted by molar-refractivity contribution is 6.30. The molecule has 0 amide bonds. The van der Waals surface area contributed by atoms with Gasteiger partial charge in [-0.15, -0.1) is 0 Å². The third-order valence-electron chi connectivity index (χ3n) is 3.23. The van der Waals surface area contributed by atoms with Crippen LogP contribution in [0.1, 0.15) is 0 Å². The molecule has 1 aromatic heterocycles. The lowest BCUT2D eigenvalue weighted by atomic mass is 10.2. The van der Waals surface area contributed by atoms with Crippen LogP contribution in [0.2, 0.25) is 5.02 Å². The van der Waals surface area contributed by atoms with Crippen LogP contribution in [0.3, 0.4) is 0 Å². The number of nitrogens with one attached hydrogen (secondary N) is 1. The Bertz CT molecular complexity index is 771. The molecule has 5 nitrogen and oxygen atoms in total. The van der Waals surface area contributed by atoms with Gasteiger partial charge in [0.05, 0.1) is 12.7 Å². The number of aliphatic hydroxyl groups excluding tert-OH is 2. The molecule has 0 fully saturated rings. The smallest absolute Gasteiger partial charge is 0.227 e. The van der Waals surface area contributed by atoms with E-state index in [1.807, 2.05) is 30.3 Å². The normalized spacial score (nSPS) is 12.5. The largest absolute Gasteiger partial charge is 0.436 e. The molecule has 1 heterocycles. The van der Waals surface area contributed by atoms with Gasteiger partial charge in [-0.05, 0) is 42.5 Å². The first-order valence-corrected chi connectivity index (χ1v) is 7.23. The Morgan fingerprint density at radius 2 is 1.95 bits per heavy atom. The number of benzene rings is 2. The highest BCUT2D eigenvalue weighted by atomic mass is 35.5. The molecule has 3 aromatic rings. The molecule has 2 aromatic carbocycles. The fourth-order valence-electron chi connectivity index (χ4n) is 2.05. The number of hydrogen-bond donors (Lipinski definition) is 3. The van der Waals surface area contributed by atoms with Crippen LogP contribution in [0.25, 0.3) is 22.6 Å². The van der Waals surface area contributed by atoms with Gasteiger partial charge in [0.1, 0.15) is 5.52 Å². The SMILES string of the molecule is OCC(O)CNc1ccc2oc(-c3ccc(Cl)cc3)nc2c1. The average molecular weight is 319 g/mol. The summed E-state index contributed by atoms with van der Waals surface area (Å²) in [6, 6.07) is 12.8. The van der Waals surface area contributed by atoms with Gasteiger partial charge in [-0.3, -0.25) is 0 Å². The van der Waals surface area contributed by atoms with E-state index < -0.39 is 6.10 Å². The van der Waals surface area contributed by atoms with Gasteiger partial charge < -0.3 is 19.9 Å². The fourth-order valence-corrected chi connectivity index (χ4v) is 2.18. The van der Waals surface area contributed by atoms with Crippen molar-refractivity contribution in [2.45, 2.75) is 6.10 Å². The van der Waals surface area contributed by atoms with Gasteiger partial charge in [0.2, 0.25) is 5.89 Å². The van der Waals surface area contributed by atoms with E-state index in [0.29, 0.717) is 22.0 Å². The second kappa shape index (κ2) is 6.36. The molecule has 1 atom stereocenters. The zero-order valence-electron chi connectivity index (χ0n) is 11.7. The molecule has 22 heavy (non-hydrogen) atoms. The molecule has 3 rings (SSSR count). The van der Waals surface area contributed by atoms with Gasteiger partial charge in [0, 0.05) is 22.8 Å². The number of aliphatic hydroxyl groups is 2. The predicted molar refractivity (Wildman–Crippen MR) is 86.0 cm³/mol. The number of halogens is 1. The van der Waals surface area contributed by atoms with Crippen molar-refractivity contribution in [3.63, 3.8) is 0 Å². The summed E-state index contributed by atoms with van der Waals surface area (Å²) in [5, 5.41) is 21.9. The minimum atomic E-state index is -0.794. The van der Waals surface area contributed by atoms with Crippen molar-refractivity contribution >= 4 is 28.4 Å². The van der Waals surface area contributed by atoms with Gasteiger partial charge in [-0.25, -0.2) is 4.98 Å².